The van der Waals surface area contributed by atoms with Gasteiger partial charge in [0.1, 0.15) is 11.5 Å². The lowest BCUT2D eigenvalue weighted by atomic mass is 10.2. The third kappa shape index (κ3) is 2.45. The van der Waals surface area contributed by atoms with Crippen LogP contribution < -0.4 is 5.32 Å². The quantitative estimate of drug-likeness (QED) is 0.800. The van der Waals surface area contributed by atoms with Crippen molar-refractivity contribution >= 4 is 22.6 Å². The number of fused-ring (bicyclic) bond motifs is 1. The summed E-state index contributed by atoms with van der Waals surface area (Å²) in [5.74, 6) is -0.607. The van der Waals surface area contributed by atoms with E-state index in [4.69, 9.17) is 0 Å². The molecule has 22 heavy (non-hydrogen) atoms. The zero-order valence-corrected chi connectivity index (χ0v) is 12.4. The summed E-state index contributed by atoms with van der Waals surface area (Å²) in [5.41, 5.74) is 2.29. The number of anilines is 1. The minimum atomic E-state index is -0.338. The molecule has 2 heterocycles. The van der Waals surface area contributed by atoms with Gasteiger partial charge < -0.3 is 9.88 Å². The zero-order chi connectivity index (χ0) is 15.7. The summed E-state index contributed by atoms with van der Waals surface area (Å²) in [4.78, 5) is 16.8. The van der Waals surface area contributed by atoms with Crippen LogP contribution in [-0.4, -0.2) is 15.5 Å². The third-order valence-corrected chi connectivity index (χ3v) is 3.65. The number of nitrogens with one attached hydrogen (secondary N) is 1. The van der Waals surface area contributed by atoms with Crippen LogP contribution in [0.3, 0.4) is 0 Å². The van der Waals surface area contributed by atoms with E-state index in [9.17, 15) is 9.18 Å². The molecule has 0 aliphatic carbocycles. The predicted octanol–water partition coefficient (Wildman–Crippen LogP) is 3.76. The van der Waals surface area contributed by atoms with Crippen molar-refractivity contribution in [3.05, 3.63) is 59.7 Å². The number of pyridine rings is 1. The second-order valence-electron chi connectivity index (χ2n) is 5.12. The van der Waals surface area contributed by atoms with Crippen LogP contribution in [0.2, 0.25) is 0 Å². The van der Waals surface area contributed by atoms with E-state index in [1.165, 1.54) is 6.07 Å². The third-order valence-electron chi connectivity index (χ3n) is 3.65. The smallest absolute Gasteiger partial charge is 0.257 e. The Kier molecular flexibility index (Phi) is 3.63. The average Bonchev–Trinajstić information content (AvgIpc) is 2.90. The first kappa shape index (κ1) is 14.3. The Morgan fingerprint density at radius 1 is 1.36 bits per heavy atom. The van der Waals surface area contributed by atoms with Crippen LogP contribution in [0.4, 0.5) is 10.1 Å². The summed E-state index contributed by atoms with van der Waals surface area (Å²) in [5, 5.41) is 3.52. The van der Waals surface area contributed by atoms with Crippen molar-refractivity contribution in [2.45, 2.75) is 20.4 Å². The van der Waals surface area contributed by atoms with Gasteiger partial charge in [-0.2, -0.15) is 0 Å². The van der Waals surface area contributed by atoms with E-state index in [0.717, 1.165) is 17.6 Å². The summed E-state index contributed by atoms with van der Waals surface area (Å²) in [7, 11) is 0. The van der Waals surface area contributed by atoms with Gasteiger partial charge in [0.15, 0.2) is 0 Å². The van der Waals surface area contributed by atoms with Crippen molar-refractivity contribution in [2.24, 2.45) is 0 Å². The highest BCUT2D eigenvalue weighted by Gasteiger charge is 2.15. The van der Waals surface area contributed by atoms with Gasteiger partial charge in [-0.05, 0) is 43.7 Å². The summed E-state index contributed by atoms with van der Waals surface area (Å²) in [6, 6.07) is 8.31. The number of carbonyl (C=O) groups excluding carboxylic acids is 1. The van der Waals surface area contributed by atoms with Gasteiger partial charge in [-0.15, -0.1) is 0 Å². The molecular weight excluding hydrogens is 281 g/mol. The Bertz CT molecular complexity index is 854. The number of halogens is 1. The van der Waals surface area contributed by atoms with Crippen LogP contribution in [0, 0.1) is 12.7 Å². The highest BCUT2D eigenvalue weighted by atomic mass is 19.1. The number of nitrogens with zero attached hydrogens (tertiary/aromatic N) is 2. The van der Waals surface area contributed by atoms with E-state index >= 15 is 0 Å². The Morgan fingerprint density at radius 2 is 2.18 bits per heavy atom. The lowest BCUT2D eigenvalue weighted by Crippen LogP contribution is -2.11. The van der Waals surface area contributed by atoms with Gasteiger partial charge in [-0.3, -0.25) is 4.79 Å². The minimum Gasteiger partial charge on any atom is -0.332 e. The number of carbonyl (C=O) groups is 1. The molecule has 0 aliphatic rings. The average molecular weight is 297 g/mol. The Hall–Kier alpha value is -2.69. The van der Waals surface area contributed by atoms with Gasteiger partial charge in [0.2, 0.25) is 0 Å². The van der Waals surface area contributed by atoms with Gasteiger partial charge >= 0.3 is 0 Å². The maximum atomic E-state index is 13.6. The first-order valence-corrected chi connectivity index (χ1v) is 7.11. The highest BCUT2D eigenvalue weighted by molar-refractivity contribution is 6.12. The summed E-state index contributed by atoms with van der Waals surface area (Å²) in [6.07, 6.45) is 3.48. The van der Waals surface area contributed by atoms with Crippen molar-refractivity contribution in [1.82, 2.24) is 9.55 Å². The van der Waals surface area contributed by atoms with Crippen LogP contribution in [-0.2, 0) is 6.54 Å². The van der Waals surface area contributed by atoms with Crippen molar-refractivity contribution < 1.29 is 9.18 Å². The van der Waals surface area contributed by atoms with Crippen molar-refractivity contribution in [2.75, 3.05) is 5.32 Å². The summed E-state index contributed by atoms with van der Waals surface area (Å²) < 4.78 is 15.5. The molecule has 1 amide bonds. The van der Waals surface area contributed by atoms with Crippen LogP contribution in [0.25, 0.3) is 11.0 Å². The van der Waals surface area contributed by atoms with E-state index in [1.807, 2.05) is 17.6 Å². The predicted molar refractivity (Wildman–Crippen MR) is 84.5 cm³/mol. The summed E-state index contributed by atoms with van der Waals surface area (Å²) >= 11 is 0. The number of amides is 1. The van der Waals surface area contributed by atoms with Crippen LogP contribution in [0.1, 0.15) is 22.8 Å². The fraction of sp³-hybridized carbons (Fsp3) is 0.176. The Morgan fingerprint density at radius 3 is 2.91 bits per heavy atom. The topological polar surface area (TPSA) is 46.9 Å². The fourth-order valence-corrected chi connectivity index (χ4v) is 2.41. The molecule has 5 heteroatoms. The maximum absolute atomic E-state index is 13.6. The molecule has 0 bridgehead atoms. The molecule has 0 aliphatic heterocycles. The molecular formula is C17H16FN3O. The molecule has 1 aromatic carbocycles. The normalized spacial score (nSPS) is 10.9. The van der Waals surface area contributed by atoms with Crippen LogP contribution in [0.5, 0.6) is 0 Å². The first-order chi connectivity index (χ1) is 10.6. The van der Waals surface area contributed by atoms with Crippen molar-refractivity contribution in [3.8, 4) is 0 Å². The van der Waals surface area contributed by atoms with E-state index in [0.29, 0.717) is 16.8 Å². The first-order valence-electron chi connectivity index (χ1n) is 7.11. The number of rotatable bonds is 3. The molecule has 0 fully saturated rings. The Labute approximate surface area is 127 Å². The van der Waals surface area contributed by atoms with Crippen LogP contribution >= 0.6 is 0 Å². The molecule has 4 nitrogen and oxygen atoms in total. The molecule has 0 saturated heterocycles. The maximum Gasteiger partial charge on any atom is 0.257 e. The number of aromatic nitrogens is 2. The number of aryl methyl sites for hydroxylation is 2. The molecule has 0 spiro atoms. The van der Waals surface area contributed by atoms with E-state index < -0.39 is 0 Å². The Balaban J connectivity index is 1.97. The molecule has 0 unspecified atom stereocenters. The number of benzene rings is 1. The molecule has 1 N–H and O–H groups in total. The van der Waals surface area contributed by atoms with Gasteiger partial charge in [-0.1, -0.05) is 6.07 Å². The molecule has 2 aromatic heterocycles. The SMILES string of the molecule is CCn1cc(C(=O)Nc2ccc(C)c(F)c2)c2cccnc21. The van der Waals surface area contributed by atoms with E-state index in [-0.39, 0.29) is 11.7 Å². The van der Waals surface area contributed by atoms with Gasteiger partial charge in [0.05, 0.1) is 5.56 Å². The van der Waals surface area contributed by atoms with Gasteiger partial charge in [0.25, 0.3) is 5.91 Å². The molecule has 0 atom stereocenters. The zero-order valence-electron chi connectivity index (χ0n) is 12.4. The van der Waals surface area contributed by atoms with Crippen LogP contribution in [0.15, 0.2) is 42.7 Å². The molecule has 0 saturated carbocycles. The largest absolute Gasteiger partial charge is 0.332 e. The number of hydrogen-bond acceptors (Lipinski definition) is 2. The minimum absolute atomic E-state index is 0.270. The van der Waals surface area contributed by atoms with E-state index in [1.54, 1.807) is 37.5 Å². The monoisotopic (exact) mass is 297 g/mol. The lowest BCUT2D eigenvalue weighted by Gasteiger charge is -2.05. The fourth-order valence-electron chi connectivity index (χ4n) is 2.41. The molecule has 3 rings (SSSR count). The second kappa shape index (κ2) is 5.60. The second-order valence-corrected chi connectivity index (χ2v) is 5.12. The van der Waals surface area contributed by atoms with Crippen molar-refractivity contribution in [1.29, 1.82) is 0 Å². The molecule has 112 valence electrons. The number of hydrogen-bond donors (Lipinski definition) is 1. The lowest BCUT2D eigenvalue weighted by molar-refractivity contribution is 0.102. The van der Waals surface area contributed by atoms with Gasteiger partial charge in [-0.25, -0.2) is 9.37 Å². The van der Waals surface area contributed by atoms with Crippen molar-refractivity contribution in [3.63, 3.8) is 0 Å². The standard InChI is InChI=1S/C17H16FN3O/c1-3-21-10-14(13-5-4-8-19-16(13)21)17(22)20-12-7-6-11(2)15(18)9-12/h4-10H,3H2,1-2H3,(H,20,22). The summed E-state index contributed by atoms with van der Waals surface area (Å²) in [6.45, 7) is 4.40. The van der Waals surface area contributed by atoms with E-state index in [2.05, 4.69) is 10.3 Å². The molecule has 3 aromatic rings. The van der Waals surface area contributed by atoms with Gasteiger partial charge in [0, 0.05) is 30.0 Å². The highest BCUT2D eigenvalue weighted by Crippen LogP contribution is 2.21. The molecule has 0 radical (unpaired) electrons.